The van der Waals surface area contributed by atoms with Crippen LogP contribution in [0.1, 0.15) is 94.4 Å². The molecule has 0 aliphatic carbocycles. The van der Waals surface area contributed by atoms with Crippen molar-refractivity contribution in [3.63, 3.8) is 0 Å². The van der Waals surface area contributed by atoms with E-state index < -0.39 is 0 Å². The fourth-order valence-corrected chi connectivity index (χ4v) is 5.85. The molecule has 2 saturated heterocycles. The fourth-order valence-electron chi connectivity index (χ4n) is 5.85. The lowest BCUT2D eigenvalue weighted by molar-refractivity contribution is -0.132. The maximum Gasteiger partial charge on any atom is 0.226 e. The Morgan fingerprint density at radius 3 is 2.22 bits per heavy atom. The van der Waals surface area contributed by atoms with E-state index in [1.165, 1.54) is 0 Å². The van der Waals surface area contributed by atoms with Gasteiger partial charge in [-0.2, -0.15) is 0 Å². The molecule has 2 aliphatic rings. The highest BCUT2D eigenvalue weighted by Gasteiger charge is 2.54. The number of hydrogen-bond acceptors (Lipinski definition) is 2. The summed E-state index contributed by atoms with van der Waals surface area (Å²) in [5.74, 6) is 1.39. The van der Waals surface area contributed by atoms with E-state index in [0.29, 0.717) is 23.8 Å². The standard InChI is InChI=1S/C24H46N2O/c1-17(2)12-23(8,9)19-14-24(20(27)26-19)11-10-21(4,5)15-25-16-22(6,7)13-18(24)3/h17-19,25H,10-16H2,1-9H3,(H,26,27). The van der Waals surface area contributed by atoms with Crippen molar-refractivity contribution >= 4 is 5.91 Å². The van der Waals surface area contributed by atoms with Gasteiger partial charge in [0, 0.05) is 19.1 Å². The molecule has 27 heavy (non-hydrogen) atoms. The van der Waals surface area contributed by atoms with E-state index in [2.05, 4.69) is 72.9 Å². The molecule has 3 atom stereocenters. The minimum absolute atomic E-state index is 0.148. The van der Waals surface area contributed by atoms with Crippen molar-refractivity contribution in [1.82, 2.24) is 10.6 Å². The molecule has 2 heterocycles. The number of carbonyl (C=O) groups excluding carboxylic acids is 1. The van der Waals surface area contributed by atoms with Crippen molar-refractivity contribution in [2.75, 3.05) is 13.1 Å². The van der Waals surface area contributed by atoms with Crippen molar-refractivity contribution in [2.45, 2.75) is 100 Å². The van der Waals surface area contributed by atoms with Gasteiger partial charge in [-0.15, -0.1) is 0 Å². The molecule has 1 spiro atoms. The van der Waals surface area contributed by atoms with Gasteiger partial charge < -0.3 is 10.6 Å². The highest BCUT2D eigenvalue weighted by Crippen LogP contribution is 2.51. The summed E-state index contributed by atoms with van der Waals surface area (Å²) in [5, 5.41) is 7.18. The molecular formula is C24H46N2O. The summed E-state index contributed by atoms with van der Waals surface area (Å²) < 4.78 is 0. The van der Waals surface area contributed by atoms with Crippen LogP contribution in [0, 0.1) is 33.5 Å². The second-order valence-corrected chi connectivity index (χ2v) is 12.5. The van der Waals surface area contributed by atoms with Crippen molar-refractivity contribution in [3.8, 4) is 0 Å². The zero-order chi connectivity index (χ0) is 20.7. The van der Waals surface area contributed by atoms with E-state index in [1.807, 2.05) is 0 Å². The zero-order valence-electron chi connectivity index (χ0n) is 19.6. The lowest BCUT2D eigenvalue weighted by Crippen LogP contribution is -2.45. The van der Waals surface area contributed by atoms with Crippen LogP contribution in [0.2, 0.25) is 0 Å². The Bertz CT molecular complexity index is 534. The minimum atomic E-state index is -0.204. The first-order valence-electron chi connectivity index (χ1n) is 11.2. The maximum absolute atomic E-state index is 13.5. The lowest BCUT2D eigenvalue weighted by atomic mass is 9.62. The van der Waals surface area contributed by atoms with Crippen LogP contribution in [0.5, 0.6) is 0 Å². The van der Waals surface area contributed by atoms with E-state index in [4.69, 9.17) is 0 Å². The molecule has 158 valence electrons. The third-order valence-corrected chi connectivity index (χ3v) is 7.46. The summed E-state index contributed by atoms with van der Waals surface area (Å²) in [7, 11) is 0. The Labute approximate surface area is 168 Å². The van der Waals surface area contributed by atoms with Crippen LogP contribution in [0.4, 0.5) is 0 Å². The smallest absolute Gasteiger partial charge is 0.226 e. The monoisotopic (exact) mass is 378 g/mol. The summed E-state index contributed by atoms with van der Waals surface area (Å²) >= 11 is 0. The van der Waals surface area contributed by atoms with E-state index in [9.17, 15) is 4.79 Å². The Morgan fingerprint density at radius 1 is 1.04 bits per heavy atom. The van der Waals surface area contributed by atoms with E-state index >= 15 is 0 Å². The molecule has 0 bridgehead atoms. The average molecular weight is 379 g/mol. The minimum Gasteiger partial charge on any atom is -0.352 e. The molecule has 2 rings (SSSR count). The van der Waals surface area contributed by atoms with Gasteiger partial charge in [0.05, 0.1) is 5.41 Å². The molecule has 3 nitrogen and oxygen atoms in total. The Balaban J connectivity index is 2.33. The van der Waals surface area contributed by atoms with Crippen LogP contribution in [0.25, 0.3) is 0 Å². The SMILES string of the molecule is CC(C)CC(C)(C)C1CC2(CCC(C)(C)CNCC(C)(C)CC2C)C(=O)N1. The number of hydrogen-bond donors (Lipinski definition) is 2. The summed E-state index contributed by atoms with van der Waals surface area (Å²) in [4.78, 5) is 13.5. The predicted molar refractivity (Wildman–Crippen MR) is 116 cm³/mol. The van der Waals surface area contributed by atoms with Crippen LogP contribution in [0.15, 0.2) is 0 Å². The van der Waals surface area contributed by atoms with Gasteiger partial charge in [0.2, 0.25) is 5.91 Å². The first-order chi connectivity index (χ1) is 12.2. The third-order valence-electron chi connectivity index (χ3n) is 7.46. The number of rotatable bonds is 3. The zero-order valence-corrected chi connectivity index (χ0v) is 19.6. The number of carbonyl (C=O) groups is 1. The molecule has 0 saturated carbocycles. The van der Waals surface area contributed by atoms with Gasteiger partial charge in [-0.3, -0.25) is 4.79 Å². The summed E-state index contributed by atoms with van der Waals surface area (Å²) in [5.41, 5.74) is 0.386. The Kier molecular flexibility index (Phi) is 6.47. The van der Waals surface area contributed by atoms with Gasteiger partial charge in [-0.1, -0.05) is 62.3 Å². The molecule has 0 aromatic heterocycles. The van der Waals surface area contributed by atoms with E-state index in [1.54, 1.807) is 0 Å². The van der Waals surface area contributed by atoms with Gasteiger partial charge in [0.25, 0.3) is 0 Å². The van der Waals surface area contributed by atoms with Gasteiger partial charge in [-0.05, 0) is 60.2 Å². The van der Waals surface area contributed by atoms with Crippen LogP contribution in [-0.2, 0) is 4.79 Å². The molecule has 2 fully saturated rings. The van der Waals surface area contributed by atoms with Crippen molar-refractivity contribution in [1.29, 1.82) is 0 Å². The largest absolute Gasteiger partial charge is 0.352 e. The molecule has 3 unspecified atom stereocenters. The van der Waals surface area contributed by atoms with Gasteiger partial charge >= 0.3 is 0 Å². The molecule has 0 aromatic carbocycles. The molecule has 2 N–H and O–H groups in total. The van der Waals surface area contributed by atoms with Crippen LogP contribution >= 0.6 is 0 Å². The van der Waals surface area contributed by atoms with Crippen molar-refractivity contribution in [2.24, 2.45) is 33.5 Å². The number of amides is 1. The normalized spacial score (nSPS) is 34.7. The second-order valence-electron chi connectivity index (χ2n) is 12.5. The quantitative estimate of drug-likeness (QED) is 0.691. The maximum atomic E-state index is 13.5. The molecule has 1 amide bonds. The fraction of sp³-hybridized carbons (Fsp3) is 0.958. The third kappa shape index (κ3) is 5.28. The lowest BCUT2D eigenvalue weighted by Gasteiger charge is -2.42. The second kappa shape index (κ2) is 7.69. The van der Waals surface area contributed by atoms with Crippen LogP contribution in [-0.4, -0.2) is 25.0 Å². The van der Waals surface area contributed by atoms with Crippen LogP contribution < -0.4 is 10.6 Å². The highest BCUT2D eigenvalue weighted by molar-refractivity contribution is 5.85. The van der Waals surface area contributed by atoms with Crippen LogP contribution in [0.3, 0.4) is 0 Å². The molecular weight excluding hydrogens is 332 g/mol. The first kappa shape index (κ1) is 22.7. The van der Waals surface area contributed by atoms with Crippen molar-refractivity contribution < 1.29 is 4.79 Å². The molecule has 3 heteroatoms. The van der Waals surface area contributed by atoms with Gasteiger partial charge in [-0.25, -0.2) is 0 Å². The summed E-state index contributed by atoms with van der Waals surface area (Å²) in [6.45, 7) is 23.1. The van der Waals surface area contributed by atoms with Gasteiger partial charge in [0.15, 0.2) is 0 Å². The topological polar surface area (TPSA) is 41.1 Å². The number of nitrogens with one attached hydrogen (secondary N) is 2. The van der Waals surface area contributed by atoms with Crippen molar-refractivity contribution in [3.05, 3.63) is 0 Å². The first-order valence-corrected chi connectivity index (χ1v) is 11.2. The summed E-state index contributed by atoms with van der Waals surface area (Å²) in [6, 6.07) is 0.294. The predicted octanol–water partition coefficient (Wildman–Crippen LogP) is 5.40. The molecule has 2 aliphatic heterocycles. The Hall–Kier alpha value is -0.570. The average Bonchev–Trinajstić information content (AvgIpc) is 2.81. The van der Waals surface area contributed by atoms with Gasteiger partial charge in [0.1, 0.15) is 0 Å². The Morgan fingerprint density at radius 2 is 1.63 bits per heavy atom. The molecule has 0 aromatic rings. The van der Waals surface area contributed by atoms with E-state index in [0.717, 1.165) is 45.2 Å². The highest BCUT2D eigenvalue weighted by atomic mass is 16.2. The molecule has 0 radical (unpaired) electrons. The summed E-state index contributed by atoms with van der Waals surface area (Å²) in [6.07, 6.45) is 5.38. The van der Waals surface area contributed by atoms with E-state index in [-0.39, 0.29) is 21.7 Å².